The lowest BCUT2D eigenvalue weighted by molar-refractivity contribution is -0.145. The molecule has 0 aromatic carbocycles. The smallest absolute Gasteiger partial charge is 0.320 e. The van der Waals surface area contributed by atoms with E-state index in [9.17, 15) is 4.79 Å². The fourth-order valence-corrected chi connectivity index (χ4v) is 2.28. The van der Waals surface area contributed by atoms with Crippen LogP contribution in [-0.4, -0.2) is 55.2 Å². The average Bonchev–Trinajstić information content (AvgIpc) is 2.49. The van der Waals surface area contributed by atoms with E-state index in [4.69, 9.17) is 10.5 Å². The number of ether oxygens (including phenoxy) is 1. The largest absolute Gasteiger partial charge is 0.465 e. The average molecular weight is 292 g/mol. The summed E-state index contributed by atoms with van der Waals surface area (Å²) in [6.45, 7) is 6.40. The van der Waals surface area contributed by atoms with Crippen molar-refractivity contribution in [1.82, 2.24) is 9.88 Å². The zero-order chi connectivity index (χ0) is 15.1. The summed E-state index contributed by atoms with van der Waals surface area (Å²) in [7, 11) is 0. The van der Waals surface area contributed by atoms with Crippen LogP contribution in [0.5, 0.6) is 0 Å². The quantitative estimate of drug-likeness (QED) is 0.626. The highest BCUT2D eigenvalue weighted by Gasteiger charge is 2.20. The lowest BCUT2D eigenvalue weighted by Gasteiger charge is -2.34. The highest BCUT2D eigenvalue weighted by molar-refractivity contribution is 5.71. The number of nitrogens with two attached hydrogens (primary N) is 1. The fraction of sp³-hybridized carbons (Fsp3) is 0.600. The molecular weight excluding hydrogens is 268 g/mol. The van der Waals surface area contributed by atoms with E-state index in [2.05, 4.69) is 21.7 Å². The van der Waals surface area contributed by atoms with Crippen molar-refractivity contribution in [2.24, 2.45) is 0 Å². The van der Waals surface area contributed by atoms with Crippen molar-refractivity contribution in [3.05, 3.63) is 18.3 Å². The molecular formula is C15H24N4O2. The molecule has 1 saturated heterocycles. The molecule has 1 aromatic heterocycles. The van der Waals surface area contributed by atoms with Gasteiger partial charge in [0.25, 0.3) is 0 Å². The van der Waals surface area contributed by atoms with Crippen LogP contribution >= 0.6 is 0 Å². The van der Waals surface area contributed by atoms with Crippen molar-refractivity contribution in [3.63, 3.8) is 0 Å². The molecule has 21 heavy (non-hydrogen) atoms. The number of carbonyl (C=O) groups is 1. The van der Waals surface area contributed by atoms with Gasteiger partial charge in [0, 0.05) is 26.2 Å². The highest BCUT2D eigenvalue weighted by Crippen LogP contribution is 2.14. The Bertz CT molecular complexity index is 441. The van der Waals surface area contributed by atoms with Gasteiger partial charge in [0.1, 0.15) is 5.82 Å². The van der Waals surface area contributed by atoms with E-state index in [1.807, 2.05) is 12.1 Å². The number of esters is 1. The molecule has 0 amide bonds. The maximum atomic E-state index is 11.7. The number of hydrogen-bond acceptors (Lipinski definition) is 6. The Morgan fingerprint density at radius 1 is 1.33 bits per heavy atom. The summed E-state index contributed by atoms with van der Waals surface area (Å²) in [5, 5.41) is 0. The van der Waals surface area contributed by atoms with Gasteiger partial charge in [-0.05, 0) is 18.6 Å². The summed E-state index contributed by atoms with van der Waals surface area (Å²) >= 11 is 0. The van der Waals surface area contributed by atoms with Crippen molar-refractivity contribution >= 4 is 17.5 Å². The minimum absolute atomic E-state index is 0.123. The Hall–Kier alpha value is -1.82. The van der Waals surface area contributed by atoms with Crippen LogP contribution < -0.4 is 10.6 Å². The van der Waals surface area contributed by atoms with Crippen molar-refractivity contribution in [1.29, 1.82) is 0 Å². The number of piperazine rings is 1. The summed E-state index contributed by atoms with van der Waals surface area (Å²) in [5.41, 5.74) is 6.32. The molecule has 0 unspecified atom stereocenters. The van der Waals surface area contributed by atoms with Gasteiger partial charge in [-0.25, -0.2) is 4.98 Å². The van der Waals surface area contributed by atoms with Gasteiger partial charge in [-0.2, -0.15) is 0 Å². The number of hydrogen-bond donors (Lipinski definition) is 1. The fourth-order valence-electron chi connectivity index (χ4n) is 2.28. The van der Waals surface area contributed by atoms with Crippen LogP contribution in [0.3, 0.4) is 0 Å². The number of aromatic nitrogens is 1. The Labute approximate surface area is 125 Å². The van der Waals surface area contributed by atoms with E-state index in [0.717, 1.165) is 44.8 Å². The van der Waals surface area contributed by atoms with Gasteiger partial charge in [-0.1, -0.05) is 13.3 Å². The maximum absolute atomic E-state index is 11.7. The van der Waals surface area contributed by atoms with Crippen LogP contribution in [0.2, 0.25) is 0 Å². The third kappa shape index (κ3) is 4.90. The number of unbranched alkanes of at least 4 members (excludes halogenated alkanes) is 1. The second-order valence-corrected chi connectivity index (χ2v) is 5.29. The molecule has 116 valence electrons. The first kappa shape index (κ1) is 15.6. The van der Waals surface area contributed by atoms with Gasteiger partial charge >= 0.3 is 5.97 Å². The number of nitrogens with zero attached hydrogens (tertiary/aromatic N) is 3. The molecule has 0 radical (unpaired) electrons. The Morgan fingerprint density at radius 2 is 2.10 bits per heavy atom. The molecule has 1 aliphatic heterocycles. The zero-order valence-corrected chi connectivity index (χ0v) is 12.6. The Kier molecular flexibility index (Phi) is 5.80. The first-order chi connectivity index (χ1) is 10.2. The van der Waals surface area contributed by atoms with E-state index >= 15 is 0 Å². The van der Waals surface area contributed by atoms with E-state index in [1.165, 1.54) is 0 Å². The molecule has 0 bridgehead atoms. The number of carbonyl (C=O) groups excluding carboxylic acids is 1. The van der Waals surface area contributed by atoms with Gasteiger partial charge in [0.15, 0.2) is 0 Å². The van der Waals surface area contributed by atoms with Crippen molar-refractivity contribution in [2.75, 3.05) is 50.0 Å². The monoisotopic (exact) mass is 292 g/mol. The van der Waals surface area contributed by atoms with Crippen molar-refractivity contribution in [3.8, 4) is 0 Å². The van der Waals surface area contributed by atoms with Crippen LogP contribution in [-0.2, 0) is 9.53 Å². The second kappa shape index (κ2) is 7.83. The Morgan fingerprint density at radius 3 is 2.71 bits per heavy atom. The number of pyridine rings is 1. The topological polar surface area (TPSA) is 71.7 Å². The zero-order valence-electron chi connectivity index (χ0n) is 12.6. The van der Waals surface area contributed by atoms with Crippen molar-refractivity contribution in [2.45, 2.75) is 19.8 Å². The molecule has 6 nitrogen and oxygen atoms in total. The SMILES string of the molecule is CCCCOC(=O)CN1CCN(c2ccc(N)cn2)CC1. The lowest BCUT2D eigenvalue weighted by Crippen LogP contribution is -2.48. The van der Waals surface area contributed by atoms with Gasteiger partial charge in [-0.3, -0.25) is 9.69 Å². The number of anilines is 2. The predicted molar refractivity (Wildman–Crippen MR) is 83.2 cm³/mol. The van der Waals surface area contributed by atoms with Gasteiger partial charge in [0.2, 0.25) is 0 Å². The minimum Gasteiger partial charge on any atom is -0.465 e. The summed E-state index contributed by atoms with van der Waals surface area (Å²) in [6.07, 6.45) is 3.65. The lowest BCUT2D eigenvalue weighted by atomic mass is 10.3. The van der Waals surface area contributed by atoms with Crippen molar-refractivity contribution < 1.29 is 9.53 Å². The number of nitrogen functional groups attached to an aromatic ring is 1. The van der Waals surface area contributed by atoms with Gasteiger partial charge in [0.05, 0.1) is 25.0 Å². The summed E-state index contributed by atoms with van der Waals surface area (Å²) < 4.78 is 5.19. The highest BCUT2D eigenvalue weighted by atomic mass is 16.5. The van der Waals surface area contributed by atoms with E-state index in [1.54, 1.807) is 6.20 Å². The van der Waals surface area contributed by atoms with Crippen LogP contribution in [0.25, 0.3) is 0 Å². The third-order valence-corrected chi connectivity index (χ3v) is 3.58. The van der Waals surface area contributed by atoms with Crippen LogP contribution in [0.15, 0.2) is 18.3 Å². The molecule has 0 atom stereocenters. The summed E-state index contributed by atoms with van der Waals surface area (Å²) in [5.74, 6) is 0.817. The maximum Gasteiger partial charge on any atom is 0.320 e. The van der Waals surface area contributed by atoms with Crippen LogP contribution in [0.4, 0.5) is 11.5 Å². The van der Waals surface area contributed by atoms with Crippen LogP contribution in [0.1, 0.15) is 19.8 Å². The minimum atomic E-state index is -0.123. The third-order valence-electron chi connectivity index (χ3n) is 3.58. The van der Waals surface area contributed by atoms with Crippen LogP contribution in [0, 0.1) is 0 Å². The van der Waals surface area contributed by atoms with Gasteiger partial charge < -0.3 is 15.4 Å². The molecule has 1 fully saturated rings. The molecule has 0 saturated carbocycles. The molecule has 0 aliphatic carbocycles. The normalized spacial score (nSPS) is 16.0. The first-order valence-electron chi connectivity index (χ1n) is 7.53. The number of rotatable bonds is 6. The second-order valence-electron chi connectivity index (χ2n) is 5.29. The van der Waals surface area contributed by atoms with E-state index < -0.39 is 0 Å². The Balaban J connectivity index is 1.73. The predicted octanol–water partition coefficient (Wildman–Crippen LogP) is 1.13. The standard InChI is InChI=1S/C15H24N4O2/c1-2-3-10-21-15(20)12-18-6-8-19(9-7-18)14-5-4-13(16)11-17-14/h4-5,11H,2-3,6-10,12,16H2,1H3. The molecule has 2 heterocycles. The first-order valence-corrected chi connectivity index (χ1v) is 7.53. The molecule has 2 N–H and O–H groups in total. The van der Waals surface area contributed by atoms with Gasteiger partial charge in [-0.15, -0.1) is 0 Å². The van der Waals surface area contributed by atoms with E-state index in [-0.39, 0.29) is 5.97 Å². The molecule has 1 aliphatic rings. The summed E-state index contributed by atoms with van der Waals surface area (Å²) in [6, 6.07) is 3.80. The molecule has 0 spiro atoms. The molecule has 2 rings (SSSR count). The molecule has 6 heteroatoms. The van der Waals surface area contributed by atoms with E-state index in [0.29, 0.717) is 18.8 Å². The summed E-state index contributed by atoms with van der Waals surface area (Å²) in [4.78, 5) is 20.3. The molecule has 1 aromatic rings.